The van der Waals surface area contributed by atoms with Crippen molar-refractivity contribution in [3.8, 4) is 5.75 Å². The third kappa shape index (κ3) is 2.46. The Labute approximate surface area is 133 Å². The molecule has 1 aliphatic heterocycles. The molecule has 2 heterocycles. The summed E-state index contributed by atoms with van der Waals surface area (Å²) in [6.45, 7) is 0. The van der Waals surface area contributed by atoms with Crippen LogP contribution >= 0.6 is 0 Å². The number of aromatic nitrogens is 1. The molecule has 1 aliphatic carbocycles. The molecular formula is C18H17FN2O2. The van der Waals surface area contributed by atoms with Gasteiger partial charge in [-0.1, -0.05) is 18.2 Å². The number of hydrogen-bond acceptors (Lipinski definition) is 3. The van der Waals surface area contributed by atoms with Crippen molar-refractivity contribution < 1.29 is 13.9 Å². The van der Waals surface area contributed by atoms with Crippen molar-refractivity contribution in [2.24, 2.45) is 0 Å². The van der Waals surface area contributed by atoms with Gasteiger partial charge in [-0.15, -0.1) is 0 Å². The first-order valence-electron chi connectivity index (χ1n) is 7.85. The van der Waals surface area contributed by atoms with E-state index in [0.29, 0.717) is 0 Å². The summed E-state index contributed by atoms with van der Waals surface area (Å²) < 4.78 is 19.9. The van der Waals surface area contributed by atoms with Crippen LogP contribution in [0.1, 0.15) is 47.6 Å². The van der Waals surface area contributed by atoms with Crippen LogP contribution in [0, 0.1) is 5.82 Å². The van der Waals surface area contributed by atoms with Gasteiger partial charge >= 0.3 is 0 Å². The van der Waals surface area contributed by atoms with Crippen LogP contribution in [-0.2, 0) is 0 Å². The Morgan fingerprint density at radius 1 is 1.30 bits per heavy atom. The van der Waals surface area contributed by atoms with Gasteiger partial charge in [0.15, 0.2) is 5.82 Å². The molecule has 2 aliphatic rings. The van der Waals surface area contributed by atoms with Crippen molar-refractivity contribution in [3.05, 3.63) is 59.7 Å². The minimum atomic E-state index is -0.608. The fraction of sp³-hybridized carbons (Fsp3) is 0.333. The van der Waals surface area contributed by atoms with Gasteiger partial charge in [0, 0.05) is 18.2 Å². The monoisotopic (exact) mass is 312 g/mol. The van der Waals surface area contributed by atoms with E-state index in [-0.39, 0.29) is 17.2 Å². The summed E-state index contributed by atoms with van der Waals surface area (Å²) in [7, 11) is 0. The van der Waals surface area contributed by atoms with Crippen LogP contribution in [0.25, 0.3) is 0 Å². The highest BCUT2D eigenvalue weighted by Gasteiger charge is 2.45. The molecule has 1 atom stereocenters. The summed E-state index contributed by atoms with van der Waals surface area (Å²) in [5, 5.41) is 2.97. The number of rotatable bonds is 2. The van der Waals surface area contributed by atoms with E-state index in [2.05, 4.69) is 10.3 Å². The lowest BCUT2D eigenvalue weighted by atomic mass is 9.73. The molecule has 5 heteroatoms. The van der Waals surface area contributed by atoms with E-state index in [1.807, 2.05) is 24.3 Å². The third-order valence-corrected chi connectivity index (χ3v) is 4.78. The molecule has 1 N–H and O–H groups in total. The Kier molecular flexibility index (Phi) is 3.29. The fourth-order valence-electron chi connectivity index (χ4n) is 3.42. The van der Waals surface area contributed by atoms with Gasteiger partial charge in [-0.3, -0.25) is 9.78 Å². The van der Waals surface area contributed by atoms with Gasteiger partial charge in [0.1, 0.15) is 11.4 Å². The van der Waals surface area contributed by atoms with E-state index < -0.39 is 11.7 Å². The summed E-state index contributed by atoms with van der Waals surface area (Å²) in [5.74, 6) is -0.205. The van der Waals surface area contributed by atoms with Crippen molar-refractivity contribution in [1.29, 1.82) is 0 Å². The Bertz CT molecular complexity index is 758. The van der Waals surface area contributed by atoms with E-state index in [9.17, 15) is 9.18 Å². The zero-order chi connectivity index (χ0) is 15.9. The Hall–Kier alpha value is -2.43. The van der Waals surface area contributed by atoms with Gasteiger partial charge in [-0.2, -0.15) is 0 Å². The number of para-hydroxylation sites is 1. The number of nitrogens with zero attached hydrogens (tertiary/aromatic N) is 1. The number of carbonyl (C=O) groups excluding carboxylic acids is 1. The summed E-state index contributed by atoms with van der Waals surface area (Å²) in [6.07, 6.45) is 6.34. The van der Waals surface area contributed by atoms with Crippen molar-refractivity contribution in [1.82, 2.24) is 10.3 Å². The zero-order valence-corrected chi connectivity index (χ0v) is 12.6. The number of amides is 1. The first kappa shape index (κ1) is 14.2. The van der Waals surface area contributed by atoms with E-state index in [1.165, 1.54) is 12.3 Å². The van der Waals surface area contributed by atoms with Gasteiger partial charge in [0.05, 0.1) is 17.8 Å². The van der Waals surface area contributed by atoms with E-state index >= 15 is 0 Å². The summed E-state index contributed by atoms with van der Waals surface area (Å²) >= 11 is 0. The number of benzene rings is 1. The molecule has 23 heavy (non-hydrogen) atoms. The van der Waals surface area contributed by atoms with Gasteiger partial charge in [0.25, 0.3) is 5.91 Å². The van der Waals surface area contributed by atoms with Crippen LogP contribution in [-0.4, -0.2) is 16.5 Å². The van der Waals surface area contributed by atoms with Crippen molar-refractivity contribution in [3.63, 3.8) is 0 Å². The van der Waals surface area contributed by atoms with Crippen molar-refractivity contribution >= 4 is 5.91 Å². The second-order valence-electron chi connectivity index (χ2n) is 6.26. The molecule has 1 aromatic carbocycles. The first-order valence-corrected chi connectivity index (χ1v) is 7.85. The predicted molar refractivity (Wildman–Crippen MR) is 82.7 cm³/mol. The number of nitrogens with one attached hydrogen (secondary N) is 1. The van der Waals surface area contributed by atoms with E-state index in [0.717, 1.165) is 43.2 Å². The zero-order valence-electron chi connectivity index (χ0n) is 12.6. The second kappa shape index (κ2) is 5.33. The van der Waals surface area contributed by atoms with Crippen LogP contribution in [0.15, 0.2) is 42.7 Å². The Morgan fingerprint density at radius 2 is 2.13 bits per heavy atom. The number of carbonyl (C=O) groups is 1. The maximum Gasteiger partial charge on any atom is 0.254 e. The normalized spacial score (nSPS) is 21.0. The second-order valence-corrected chi connectivity index (χ2v) is 6.26. The molecule has 1 spiro atoms. The smallest absolute Gasteiger partial charge is 0.254 e. The van der Waals surface area contributed by atoms with Gasteiger partial charge in [-0.05, 0) is 31.4 Å². The van der Waals surface area contributed by atoms with Gasteiger partial charge in [-0.25, -0.2) is 4.39 Å². The average molecular weight is 312 g/mol. The molecule has 1 unspecified atom stereocenters. The molecule has 1 saturated carbocycles. The molecule has 4 rings (SSSR count). The molecule has 0 bridgehead atoms. The Morgan fingerprint density at radius 3 is 2.87 bits per heavy atom. The number of halogens is 1. The minimum Gasteiger partial charge on any atom is -0.487 e. The SMILES string of the molecule is O=C(NC1CC2(CCC2)Oc2ccccc21)c1ccncc1F. The van der Waals surface area contributed by atoms with Crippen LogP contribution < -0.4 is 10.1 Å². The molecule has 4 nitrogen and oxygen atoms in total. The molecule has 118 valence electrons. The first-order chi connectivity index (χ1) is 11.2. The lowest BCUT2D eigenvalue weighted by molar-refractivity contribution is -0.0360. The maximum atomic E-state index is 13.8. The van der Waals surface area contributed by atoms with Crippen LogP contribution in [0.5, 0.6) is 5.75 Å². The number of hydrogen-bond donors (Lipinski definition) is 1. The standard InChI is InChI=1S/C18H17FN2O2/c19-14-11-20-9-6-12(14)17(22)21-15-10-18(7-3-8-18)23-16-5-2-1-4-13(15)16/h1-2,4-6,9,11,15H,3,7-8,10H2,(H,21,22). The van der Waals surface area contributed by atoms with E-state index in [4.69, 9.17) is 4.74 Å². The topological polar surface area (TPSA) is 51.2 Å². The molecule has 0 radical (unpaired) electrons. The highest BCUT2D eigenvalue weighted by molar-refractivity contribution is 5.94. The molecule has 1 aromatic heterocycles. The largest absolute Gasteiger partial charge is 0.487 e. The third-order valence-electron chi connectivity index (χ3n) is 4.78. The van der Waals surface area contributed by atoms with Crippen molar-refractivity contribution in [2.75, 3.05) is 0 Å². The molecule has 0 saturated heterocycles. The maximum absolute atomic E-state index is 13.8. The van der Waals surface area contributed by atoms with Gasteiger partial charge in [0.2, 0.25) is 0 Å². The van der Waals surface area contributed by atoms with Crippen LogP contribution in [0.2, 0.25) is 0 Å². The quantitative estimate of drug-likeness (QED) is 0.924. The minimum absolute atomic E-state index is 0.0200. The van der Waals surface area contributed by atoms with Gasteiger partial charge < -0.3 is 10.1 Å². The average Bonchev–Trinajstić information content (AvgIpc) is 2.53. The molecule has 2 aromatic rings. The summed E-state index contributed by atoms with van der Waals surface area (Å²) in [6, 6.07) is 8.97. The molecule has 1 amide bonds. The lowest BCUT2D eigenvalue weighted by Gasteiger charge is -2.48. The highest BCUT2D eigenvalue weighted by atomic mass is 19.1. The number of fused-ring (bicyclic) bond motifs is 1. The number of pyridine rings is 1. The van der Waals surface area contributed by atoms with Crippen LogP contribution in [0.4, 0.5) is 4.39 Å². The number of ether oxygens (including phenoxy) is 1. The summed E-state index contributed by atoms with van der Waals surface area (Å²) in [4.78, 5) is 16.1. The molecular weight excluding hydrogens is 295 g/mol. The lowest BCUT2D eigenvalue weighted by Crippen LogP contribution is -2.49. The van der Waals surface area contributed by atoms with E-state index in [1.54, 1.807) is 0 Å². The highest BCUT2D eigenvalue weighted by Crippen LogP contribution is 2.48. The predicted octanol–water partition coefficient (Wildman–Crippen LogP) is 3.40. The van der Waals surface area contributed by atoms with Crippen LogP contribution in [0.3, 0.4) is 0 Å². The van der Waals surface area contributed by atoms with Crippen molar-refractivity contribution in [2.45, 2.75) is 37.3 Å². The summed E-state index contributed by atoms with van der Waals surface area (Å²) in [5.41, 5.74) is 0.794. The fourth-order valence-corrected chi connectivity index (χ4v) is 3.42. The Balaban J connectivity index is 1.63. The molecule has 1 fully saturated rings.